The van der Waals surface area contributed by atoms with E-state index in [0.29, 0.717) is 0 Å². The molecule has 0 spiro atoms. The molecule has 0 aliphatic rings. The molecule has 0 saturated carbocycles. The number of hydroxylamine groups is 1. The minimum absolute atomic E-state index is 0. The second-order valence-electron chi connectivity index (χ2n) is 2.17. The Labute approximate surface area is 99.9 Å². The quantitative estimate of drug-likeness (QED) is 0.266. The van der Waals surface area contributed by atoms with Crippen molar-refractivity contribution in [2.75, 3.05) is 0 Å². The van der Waals surface area contributed by atoms with Crippen LogP contribution in [0.4, 0.5) is 0 Å². The molecular formula is C11H13FeNO2-6. The van der Waals surface area contributed by atoms with Crippen molar-refractivity contribution in [3.63, 3.8) is 0 Å². The van der Waals surface area contributed by atoms with Crippen molar-refractivity contribution < 1.29 is 27.1 Å². The van der Waals surface area contributed by atoms with Gasteiger partial charge in [-0.05, 0) is 0 Å². The summed E-state index contributed by atoms with van der Waals surface area (Å²) < 4.78 is 0. The third-order valence-electron chi connectivity index (χ3n) is 1.16. The van der Waals surface area contributed by atoms with Gasteiger partial charge in [0.25, 0.3) is 0 Å². The number of nitrogens with one attached hydrogen (secondary N) is 1. The molecule has 0 unspecified atom stereocenters. The maximum atomic E-state index is 8.81. The maximum Gasteiger partial charge on any atom is 0.230 e. The van der Waals surface area contributed by atoms with Gasteiger partial charge in [0.1, 0.15) is 0 Å². The van der Waals surface area contributed by atoms with Gasteiger partial charge in [-0.3, -0.25) is 10.0 Å². The average Bonchev–Trinajstić information content (AvgIpc) is 2.94. The molecule has 0 heterocycles. The van der Waals surface area contributed by atoms with E-state index in [0.717, 1.165) is 0 Å². The fraction of sp³-hybridized carbons (Fsp3) is 0. The van der Waals surface area contributed by atoms with E-state index in [-0.39, 0.29) is 23.5 Å². The number of carbonyl (C=O) groups is 1. The summed E-state index contributed by atoms with van der Waals surface area (Å²) in [7, 11) is 0. The van der Waals surface area contributed by atoms with Crippen LogP contribution in [0.5, 0.6) is 0 Å². The van der Waals surface area contributed by atoms with Crippen LogP contribution in [0.3, 0.4) is 0 Å². The minimum Gasteiger partial charge on any atom is -0.748 e. The predicted molar refractivity (Wildman–Crippen MR) is 55.1 cm³/mol. The van der Waals surface area contributed by atoms with E-state index in [4.69, 9.17) is 10.0 Å². The SMILES string of the molecule is O=CNO.[Fe].[cH-]1[cH-][cH-][cH-][cH-]1.c1cc[cH-]c1. The van der Waals surface area contributed by atoms with Gasteiger partial charge in [0, 0.05) is 17.1 Å². The number of hydrogen-bond acceptors (Lipinski definition) is 2. The van der Waals surface area contributed by atoms with Gasteiger partial charge in [-0.15, -0.1) is 0 Å². The fourth-order valence-corrected chi connectivity index (χ4v) is 0.642. The first-order valence-electron chi connectivity index (χ1n) is 4.08. The molecule has 0 atom stereocenters. The van der Waals surface area contributed by atoms with Crippen molar-refractivity contribution in [2.24, 2.45) is 0 Å². The molecule has 0 fully saturated rings. The molecule has 88 valence electrons. The summed E-state index contributed by atoms with van der Waals surface area (Å²) in [5.41, 5.74) is 1.25. The van der Waals surface area contributed by atoms with E-state index >= 15 is 0 Å². The number of hydrogen-bond donors (Lipinski definition) is 2. The first-order valence-corrected chi connectivity index (χ1v) is 4.08. The van der Waals surface area contributed by atoms with E-state index < -0.39 is 0 Å². The summed E-state index contributed by atoms with van der Waals surface area (Å²) in [5.74, 6) is 0. The van der Waals surface area contributed by atoms with Gasteiger partial charge in [-0.2, -0.15) is 18.2 Å². The topological polar surface area (TPSA) is 49.3 Å². The Morgan fingerprint density at radius 1 is 1.00 bits per heavy atom. The molecule has 2 N–H and O–H groups in total. The summed E-state index contributed by atoms with van der Waals surface area (Å²) in [4.78, 5) is 8.81. The van der Waals surface area contributed by atoms with Crippen LogP contribution in [0.2, 0.25) is 0 Å². The van der Waals surface area contributed by atoms with Crippen molar-refractivity contribution in [3.8, 4) is 0 Å². The molecule has 0 bridgehead atoms. The zero-order valence-corrected chi connectivity index (χ0v) is 9.16. The summed E-state index contributed by atoms with van der Waals surface area (Å²) >= 11 is 0. The number of rotatable bonds is 1. The summed E-state index contributed by atoms with van der Waals surface area (Å²) in [6, 6.07) is 20.0. The Morgan fingerprint density at radius 3 is 1.47 bits per heavy atom. The Balaban J connectivity index is 0. The van der Waals surface area contributed by atoms with Crippen molar-refractivity contribution in [2.45, 2.75) is 0 Å². The molecule has 0 saturated heterocycles. The molecule has 1 amide bonds. The first-order chi connectivity index (χ1) is 6.91. The van der Waals surface area contributed by atoms with Crippen LogP contribution in [0.15, 0.2) is 60.7 Å². The van der Waals surface area contributed by atoms with Crippen LogP contribution in [0, 0.1) is 0 Å². The monoisotopic (exact) mass is 247 g/mol. The van der Waals surface area contributed by atoms with E-state index in [2.05, 4.69) is 0 Å². The molecule has 0 aromatic heterocycles. The van der Waals surface area contributed by atoms with Crippen molar-refractivity contribution >= 4 is 6.41 Å². The molecule has 4 heteroatoms. The molecule has 2 aromatic rings. The van der Waals surface area contributed by atoms with Crippen LogP contribution in [-0.2, 0) is 21.9 Å². The summed E-state index contributed by atoms with van der Waals surface area (Å²) in [6.07, 6.45) is 0.181. The second-order valence-corrected chi connectivity index (χ2v) is 2.17. The zero-order chi connectivity index (χ0) is 10.5. The van der Waals surface area contributed by atoms with Crippen LogP contribution in [-0.4, -0.2) is 11.6 Å². The summed E-state index contributed by atoms with van der Waals surface area (Å²) in [5, 5.41) is 7.26. The normalized spacial score (nSPS) is 6.73. The Kier molecular flexibility index (Phi) is 16.2. The standard InChI is InChI=1S/2C5H5.CH3NO2.Fe/c2*1-2-4-5-3-1;3-1-2-4;/h2*1-5H;1,4H,(H,2,3);/q-5;-1;;. The third-order valence-corrected chi connectivity index (χ3v) is 1.16. The molecule has 15 heavy (non-hydrogen) atoms. The fourth-order valence-electron chi connectivity index (χ4n) is 0.642. The molecule has 3 nitrogen and oxygen atoms in total. The van der Waals surface area contributed by atoms with Gasteiger partial charge in [-0.25, -0.2) is 17.6 Å². The number of amides is 1. The van der Waals surface area contributed by atoms with E-state index in [1.807, 2.05) is 60.7 Å². The van der Waals surface area contributed by atoms with Gasteiger partial charge in [0.2, 0.25) is 6.41 Å². The first kappa shape index (κ1) is 16.1. The molecule has 0 aliphatic heterocycles. The second kappa shape index (κ2) is 15.1. The Morgan fingerprint density at radius 2 is 1.33 bits per heavy atom. The molecule has 0 radical (unpaired) electrons. The smallest absolute Gasteiger partial charge is 0.230 e. The van der Waals surface area contributed by atoms with Crippen molar-refractivity contribution in [1.82, 2.24) is 5.48 Å². The average molecular weight is 247 g/mol. The zero-order valence-electron chi connectivity index (χ0n) is 8.06. The van der Waals surface area contributed by atoms with Crippen molar-refractivity contribution in [1.29, 1.82) is 0 Å². The minimum atomic E-state index is 0. The van der Waals surface area contributed by atoms with Crippen LogP contribution in [0.1, 0.15) is 0 Å². The third kappa shape index (κ3) is 15.4. The predicted octanol–water partition coefficient (Wildman–Crippen LogP) is 1.93. The largest absolute Gasteiger partial charge is 0.748 e. The van der Waals surface area contributed by atoms with E-state index in [1.165, 1.54) is 5.48 Å². The maximum absolute atomic E-state index is 8.81. The van der Waals surface area contributed by atoms with Gasteiger partial charge < -0.3 is 30.3 Å². The molecule has 2 rings (SSSR count). The molecule has 0 aliphatic carbocycles. The van der Waals surface area contributed by atoms with Gasteiger partial charge in [0.05, 0.1) is 0 Å². The summed E-state index contributed by atoms with van der Waals surface area (Å²) in [6.45, 7) is 0. The van der Waals surface area contributed by atoms with Gasteiger partial charge >= 0.3 is 0 Å². The van der Waals surface area contributed by atoms with Crippen LogP contribution >= 0.6 is 0 Å². The van der Waals surface area contributed by atoms with E-state index in [9.17, 15) is 0 Å². The van der Waals surface area contributed by atoms with E-state index in [1.54, 1.807) is 0 Å². The Bertz CT molecular complexity index is 206. The van der Waals surface area contributed by atoms with Crippen LogP contribution < -0.4 is 5.48 Å². The van der Waals surface area contributed by atoms with Gasteiger partial charge in [0.15, 0.2) is 0 Å². The van der Waals surface area contributed by atoms with Gasteiger partial charge in [-0.1, -0.05) is 0 Å². The Hall–Kier alpha value is -1.35. The number of carbonyl (C=O) groups excluding carboxylic acids is 1. The molecular weight excluding hydrogens is 234 g/mol. The van der Waals surface area contributed by atoms with Crippen molar-refractivity contribution in [3.05, 3.63) is 60.7 Å². The molecule has 2 aromatic carbocycles. The van der Waals surface area contributed by atoms with Crippen LogP contribution in [0.25, 0.3) is 0 Å².